The highest BCUT2D eigenvalue weighted by Gasteiger charge is 2.33. The highest BCUT2D eigenvalue weighted by Crippen LogP contribution is 2.27. The maximum absolute atomic E-state index is 14.0. The molecule has 0 saturated heterocycles. The van der Waals surface area contributed by atoms with E-state index in [0.29, 0.717) is 34.3 Å². The van der Waals surface area contributed by atoms with Crippen LogP contribution >= 0.6 is 23.2 Å². The first-order valence-corrected chi connectivity index (χ1v) is 15.5. The molecule has 0 fully saturated rings. The average molecular weight is 605 g/mol. The zero-order chi connectivity index (χ0) is 29.3. The molecule has 0 radical (unpaired) electrons. The van der Waals surface area contributed by atoms with Crippen molar-refractivity contribution in [1.82, 2.24) is 10.2 Å². The fraction of sp³-hybridized carbons (Fsp3) is 0.333. The number of anilines is 1. The summed E-state index contributed by atoms with van der Waals surface area (Å²) in [5.41, 5.74) is 2.05. The standard InChI is InChI=1S/C30H35Cl2N3O4S/c1-4-18-33-30(37)28(6-3)34(20-23-14-17-26(31)27(32)19-23)29(36)21-35(24-15-12-22(5-2)13-16-24)40(38,39)25-10-8-7-9-11-25/h7-17,19,28H,4-6,18,20-21H2,1-3H3,(H,33,37). The molecule has 7 nitrogen and oxygen atoms in total. The molecule has 214 valence electrons. The predicted molar refractivity (Wildman–Crippen MR) is 161 cm³/mol. The van der Waals surface area contributed by atoms with E-state index in [1.54, 1.807) is 48.5 Å². The van der Waals surface area contributed by atoms with E-state index < -0.39 is 28.5 Å². The van der Waals surface area contributed by atoms with E-state index in [0.717, 1.165) is 22.7 Å². The van der Waals surface area contributed by atoms with Crippen LogP contribution in [0.4, 0.5) is 5.69 Å². The van der Waals surface area contributed by atoms with E-state index in [1.807, 2.05) is 32.9 Å². The van der Waals surface area contributed by atoms with Crippen LogP contribution in [0.2, 0.25) is 10.0 Å². The third-order valence-corrected chi connectivity index (χ3v) is 9.04. The number of sulfonamides is 1. The minimum absolute atomic E-state index is 0.0434. The van der Waals surface area contributed by atoms with Crippen molar-refractivity contribution in [3.63, 3.8) is 0 Å². The van der Waals surface area contributed by atoms with Gasteiger partial charge >= 0.3 is 0 Å². The number of amides is 2. The monoisotopic (exact) mass is 603 g/mol. The first-order valence-electron chi connectivity index (χ1n) is 13.3. The maximum Gasteiger partial charge on any atom is 0.264 e. The van der Waals surface area contributed by atoms with Crippen LogP contribution in [0.1, 0.15) is 44.7 Å². The largest absolute Gasteiger partial charge is 0.354 e. The Hall–Kier alpha value is -3.07. The van der Waals surface area contributed by atoms with Gasteiger partial charge in [0.1, 0.15) is 12.6 Å². The molecule has 3 aromatic rings. The lowest BCUT2D eigenvalue weighted by atomic mass is 10.1. The smallest absolute Gasteiger partial charge is 0.264 e. The molecule has 0 aliphatic carbocycles. The summed E-state index contributed by atoms with van der Waals surface area (Å²) in [7, 11) is -4.11. The molecule has 0 spiro atoms. The van der Waals surface area contributed by atoms with Gasteiger partial charge in [-0.2, -0.15) is 0 Å². The second-order valence-electron chi connectivity index (χ2n) is 9.33. The lowest BCUT2D eigenvalue weighted by molar-refractivity contribution is -0.140. The number of halogens is 2. The molecule has 0 heterocycles. The number of carbonyl (C=O) groups is 2. The van der Waals surface area contributed by atoms with Crippen molar-refractivity contribution in [2.45, 2.75) is 57.5 Å². The minimum atomic E-state index is -4.11. The maximum atomic E-state index is 14.0. The molecule has 0 aromatic heterocycles. The molecule has 1 atom stereocenters. The Morgan fingerprint density at radius 2 is 1.52 bits per heavy atom. The summed E-state index contributed by atoms with van der Waals surface area (Å²) in [6.07, 6.45) is 1.85. The van der Waals surface area contributed by atoms with Crippen molar-refractivity contribution in [3.05, 3.63) is 94.0 Å². The van der Waals surface area contributed by atoms with Crippen LogP contribution in [-0.2, 0) is 32.6 Å². The van der Waals surface area contributed by atoms with E-state index in [-0.39, 0.29) is 17.3 Å². The molecule has 10 heteroatoms. The predicted octanol–water partition coefficient (Wildman–Crippen LogP) is 6.08. The van der Waals surface area contributed by atoms with Crippen molar-refractivity contribution in [3.8, 4) is 0 Å². The first kappa shape index (κ1) is 31.5. The Morgan fingerprint density at radius 3 is 2.10 bits per heavy atom. The van der Waals surface area contributed by atoms with Gasteiger partial charge in [-0.05, 0) is 66.8 Å². The molecule has 0 aliphatic rings. The molecule has 3 aromatic carbocycles. The van der Waals surface area contributed by atoms with Crippen molar-refractivity contribution in [1.29, 1.82) is 0 Å². The zero-order valence-electron chi connectivity index (χ0n) is 22.9. The molecule has 0 saturated carbocycles. The van der Waals surface area contributed by atoms with Crippen LogP contribution < -0.4 is 9.62 Å². The average Bonchev–Trinajstić information content (AvgIpc) is 2.96. The molecular weight excluding hydrogens is 569 g/mol. The Bertz CT molecular complexity index is 1400. The van der Waals surface area contributed by atoms with Gasteiger partial charge in [0.2, 0.25) is 11.8 Å². The van der Waals surface area contributed by atoms with Crippen LogP contribution in [0.25, 0.3) is 0 Å². The number of nitrogens with one attached hydrogen (secondary N) is 1. The zero-order valence-corrected chi connectivity index (χ0v) is 25.3. The summed E-state index contributed by atoms with van der Waals surface area (Å²) in [4.78, 5) is 28.7. The summed E-state index contributed by atoms with van der Waals surface area (Å²) in [6, 6.07) is 19.2. The molecule has 2 amide bonds. The first-order chi connectivity index (χ1) is 19.1. The van der Waals surface area contributed by atoms with Gasteiger partial charge in [-0.25, -0.2) is 8.42 Å². The van der Waals surface area contributed by atoms with Gasteiger partial charge in [0.05, 0.1) is 20.6 Å². The van der Waals surface area contributed by atoms with E-state index in [1.165, 1.54) is 17.0 Å². The van der Waals surface area contributed by atoms with Crippen LogP contribution in [0.3, 0.4) is 0 Å². The van der Waals surface area contributed by atoms with Crippen LogP contribution in [0.15, 0.2) is 77.7 Å². The molecule has 1 unspecified atom stereocenters. The fourth-order valence-electron chi connectivity index (χ4n) is 4.27. The number of hydrogen-bond donors (Lipinski definition) is 1. The minimum Gasteiger partial charge on any atom is -0.354 e. The molecule has 40 heavy (non-hydrogen) atoms. The third kappa shape index (κ3) is 7.77. The normalized spacial score (nSPS) is 12.0. The van der Waals surface area contributed by atoms with Crippen LogP contribution in [0.5, 0.6) is 0 Å². The van der Waals surface area contributed by atoms with Gasteiger partial charge in [0.25, 0.3) is 10.0 Å². The fourth-order valence-corrected chi connectivity index (χ4v) is 6.02. The van der Waals surface area contributed by atoms with Crippen molar-refractivity contribution in [2.75, 3.05) is 17.4 Å². The van der Waals surface area contributed by atoms with E-state index in [4.69, 9.17) is 23.2 Å². The number of aryl methyl sites for hydroxylation is 1. The topological polar surface area (TPSA) is 86.8 Å². The van der Waals surface area contributed by atoms with Gasteiger partial charge < -0.3 is 10.2 Å². The van der Waals surface area contributed by atoms with Gasteiger partial charge in [-0.3, -0.25) is 13.9 Å². The Labute approximate surface area is 247 Å². The van der Waals surface area contributed by atoms with Crippen molar-refractivity contribution < 1.29 is 18.0 Å². The van der Waals surface area contributed by atoms with Gasteiger partial charge in [-0.1, -0.05) is 80.4 Å². The van der Waals surface area contributed by atoms with Gasteiger partial charge in [0, 0.05) is 13.1 Å². The molecule has 3 rings (SSSR count). The summed E-state index contributed by atoms with van der Waals surface area (Å²) < 4.78 is 28.8. The lowest BCUT2D eigenvalue weighted by Gasteiger charge is -2.33. The number of nitrogens with zero attached hydrogens (tertiary/aromatic N) is 2. The Balaban J connectivity index is 2.05. The lowest BCUT2D eigenvalue weighted by Crippen LogP contribution is -2.52. The summed E-state index contributed by atoms with van der Waals surface area (Å²) in [5, 5.41) is 3.55. The Morgan fingerprint density at radius 1 is 0.875 bits per heavy atom. The Kier molecular flexibility index (Phi) is 11.4. The van der Waals surface area contributed by atoms with E-state index in [2.05, 4.69) is 5.32 Å². The second kappa shape index (κ2) is 14.5. The van der Waals surface area contributed by atoms with Crippen molar-refractivity contribution >= 4 is 50.7 Å². The summed E-state index contributed by atoms with van der Waals surface area (Å²) in [6.45, 7) is 5.77. The van der Waals surface area contributed by atoms with Crippen LogP contribution in [0, 0.1) is 0 Å². The number of benzene rings is 3. The van der Waals surface area contributed by atoms with E-state index >= 15 is 0 Å². The number of carbonyl (C=O) groups excluding carboxylic acids is 2. The highest BCUT2D eigenvalue weighted by atomic mass is 35.5. The van der Waals surface area contributed by atoms with Crippen molar-refractivity contribution in [2.24, 2.45) is 0 Å². The molecular formula is C30H35Cl2N3O4S. The molecule has 0 bridgehead atoms. The number of hydrogen-bond acceptors (Lipinski definition) is 4. The van der Waals surface area contributed by atoms with Gasteiger partial charge in [-0.15, -0.1) is 0 Å². The molecule has 0 aliphatic heterocycles. The quantitative estimate of drug-likeness (QED) is 0.256. The third-order valence-electron chi connectivity index (χ3n) is 6.51. The number of rotatable bonds is 13. The SMILES string of the molecule is CCCNC(=O)C(CC)N(Cc1ccc(Cl)c(Cl)c1)C(=O)CN(c1ccc(CC)cc1)S(=O)(=O)c1ccccc1. The second-order valence-corrected chi connectivity index (χ2v) is 12.0. The molecule has 1 N–H and O–H groups in total. The van der Waals surface area contributed by atoms with Gasteiger partial charge in [0.15, 0.2) is 0 Å². The van der Waals surface area contributed by atoms with Crippen LogP contribution in [-0.4, -0.2) is 44.3 Å². The summed E-state index contributed by atoms with van der Waals surface area (Å²) in [5.74, 6) is -0.828. The highest BCUT2D eigenvalue weighted by molar-refractivity contribution is 7.92. The van der Waals surface area contributed by atoms with E-state index in [9.17, 15) is 18.0 Å². The summed E-state index contributed by atoms with van der Waals surface area (Å²) >= 11 is 12.3.